The molecule has 0 aliphatic rings. The molecule has 0 aliphatic heterocycles. The van der Waals surface area contributed by atoms with Crippen LogP contribution in [0.5, 0.6) is 0 Å². The average molecular weight is 206 g/mol. The van der Waals surface area contributed by atoms with E-state index in [1.165, 1.54) is 7.11 Å². The summed E-state index contributed by atoms with van der Waals surface area (Å²) in [6.07, 6.45) is 1.22. The van der Waals surface area contributed by atoms with Crippen molar-refractivity contribution >= 4 is 11.8 Å². The lowest BCUT2D eigenvalue weighted by atomic mass is 10.0. The van der Waals surface area contributed by atoms with Crippen LogP contribution >= 0.6 is 0 Å². The van der Waals surface area contributed by atoms with Gasteiger partial charge in [-0.1, -0.05) is 25.1 Å². The highest BCUT2D eigenvalue weighted by Crippen LogP contribution is 2.13. The van der Waals surface area contributed by atoms with Crippen molar-refractivity contribution in [2.75, 3.05) is 7.11 Å². The Bertz CT molecular complexity index is 369. The molecule has 0 N–H and O–H groups in total. The standard InChI is InChI=1S/C12H14O3/c1-3-6-11(13)9-7-4-5-8-10(9)12(14)15-2/h4-5,7-8H,3,6H2,1-2H3. The summed E-state index contributed by atoms with van der Waals surface area (Å²) in [7, 11) is 1.31. The zero-order valence-electron chi connectivity index (χ0n) is 8.95. The highest BCUT2D eigenvalue weighted by atomic mass is 16.5. The lowest BCUT2D eigenvalue weighted by Crippen LogP contribution is -2.09. The Morgan fingerprint density at radius 2 is 1.80 bits per heavy atom. The van der Waals surface area contributed by atoms with E-state index >= 15 is 0 Å². The van der Waals surface area contributed by atoms with Gasteiger partial charge in [0.15, 0.2) is 5.78 Å². The molecule has 0 fully saturated rings. The van der Waals surface area contributed by atoms with Crippen LogP contribution in [0.3, 0.4) is 0 Å². The molecule has 0 unspecified atom stereocenters. The molecule has 0 saturated carbocycles. The van der Waals surface area contributed by atoms with Gasteiger partial charge in [0.05, 0.1) is 12.7 Å². The van der Waals surface area contributed by atoms with Crippen LogP contribution < -0.4 is 0 Å². The van der Waals surface area contributed by atoms with Crippen LogP contribution in [0.15, 0.2) is 24.3 Å². The number of esters is 1. The molecule has 3 heteroatoms. The summed E-state index contributed by atoms with van der Waals surface area (Å²) < 4.78 is 4.61. The van der Waals surface area contributed by atoms with Gasteiger partial charge >= 0.3 is 5.97 Å². The topological polar surface area (TPSA) is 43.4 Å². The Morgan fingerprint density at radius 3 is 2.33 bits per heavy atom. The van der Waals surface area contributed by atoms with Crippen LogP contribution in [0.25, 0.3) is 0 Å². The van der Waals surface area contributed by atoms with E-state index in [1.54, 1.807) is 24.3 Å². The van der Waals surface area contributed by atoms with Crippen LogP contribution in [-0.2, 0) is 4.74 Å². The van der Waals surface area contributed by atoms with E-state index in [9.17, 15) is 9.59 Å². The summed E-state index contributed by atoms with van der Waals surface area (Å²) in [5.41, 5.74) is 0.796. The molecule has 0 bridgehead atoms. The van der Waals surface area contributed by atoms with E-state index in [0.29, 0.717) is 17.5 Å². The molecular formula is C12H14O3. The lowest BCUT2D eigenvalue weighted by Gasteiger charge is -2.05. The summed E-state index contributed by atoms with van der Waals surface area (Å²) in [4.78, 5) is 23.0. The Balaban J connectivity index is 3.06. The number of benzene rings is 1. The van der Waals surface area contributed by atoms with Crippen molar-refractivity contribution in [1.29, 1.82) is 0 Å². The molecule has 1 aromatic rings. The molecule has 0 amide bonds. The second kappa shape index (κ2) is 5.29. The Kier molecular flexibility index (Phi) is 4.03. The van der Waals surface area contributed by atoms with Crippen molar-refractivity contribution in [3.63, 3.8) is 0 Å². The fourth-order valence-electron chi connectivity index (χ4n) is 1.38. The number of methoxy groups -OCH3 is 1. The summed E-state index contributed by atoms with van der Waals surface area (Å²) >= 11 is 0. The molecule has 15 heavy (non-hydrogen) atoms. The number of ketones is 1. The van der Waals surface area contributed by atoms with Crippen LogP contribution in [0, 0.1) is 0 Å². The van der Waals surface area contributed by atoms with Crippen molar-refractivity contribution in [2.24, 2.45) is 0 Å². The predicted octanol–water partition coefficient (Wildman–Crippen LogP) is 2.46. The molecule has 3 nitrogen and oxygen atoms in total. The number of hydrogen-bond donors (Lipinski definition) is 0. The minimum absolute atomic E-state index is 0.0153. The molecule has 0 heterocycles. The van der Waals surface area contributed by atoms with Gasteiger partial charge in [-0.15, -0.1) is 0 Å². The second-order valence-corrected chi connectivity index (χ2v) is 3.21. The monoisotopic (exact) mass is 206 g/mol. The first-order valence-corrected chi connectivity index (χ1v) is 4.91. The molecule has 0 atom stereocenters. The third-order valence-corrected chi connectivity index (χ3v) is 2.11. The van der Waals surface area contributed by atoms with E-state index in [1.807, 2.05) is 6.92 Å². The van der Waals surface area contributed by atoms with Gasteiger partial charge in [-0.3, -0.25) is 4.79 Å². The van der Waals surface area contributed by atoms with Gasteiger partial charge in [-0.05, 0) is 12.5 Å². The van der Waals surface area contributed by atoms with Gasteiger partial charge in [0.2, 0.25) is 0 Å². The number of ether oxygens (including phenoxy) is 1. The first kappa shape index (κ1) is 11.4. The summed E-state index contributed by atoms with van der Waals surface area (Å²) in [5.74, 6) is -0.478. The molecule has 1 rings (SSSR count). The van der Waals surface area contributed by atoms with Crippen molar-refractivity contribution in [3.05, 3.63) is 35.4 Å². The van der Waals surface area contributed by atoms with Crippen LogP contribution in [0.4, 0.5) is 0 Å². The number of carbonyl (C=O) groups is 2. The summed E-state index contributed by atoms with van der Waals surface area (Å²) in [6.45, 7) is 1.93. The van der Waals surface area contributed by atoms with Crippen molar-refractivity contribution in [3.8, 4) is 0 Å². The second-order valence-electron chi connectivity index (χ2n) is 3.21. The minimum Gasteiger partial charge on any atom is -0.465 e. The maximum absolute atomic E-state index is 11.7. The highest BCUT2D eigenvalue weighted by molar-refractivity contribution is 6.06. The SMILES string of the molecule is CCCC(=O)c1ccccc1C(=O)OC. The van der Waals surface area contributed by atoms with E-state index in [4.69, 9.17) is 0 Å². The van der Waals surface area contributed by atoms with Crippen LogP contribution in [0.2, 0.25) is 0 Å². The molecule has 0 radical (unpaired) electrons. The van der Waals surface area contributed by atoms with E-state index in [2.05, 4.69) is 4.74 Å². The van der Waals surface area contributed by atoms with Gasteiger partial charge < -0.3 is 4.74 Å². The van der Waals surface area contributed by atoms with Gasteiger partial charge in [0, 0.05) is 12.0 Å². The quantitative estimate of drug-likeness (QED) is 0.561. The number of hydrogen-bond acceptors (Lipinski definition) is 3. The summed E-state index contributed by atoms with van der Waals surface area (Å²) in [6, 6.07) is 6.73. The molecular weight excluding hydrogens is 192 g/mol. The number of carbonyl (C=O) groups excluding carboxylic acids is 2. The first-order chi connectivity index (χ1) is 7.20. The average Bonchev–Trinajstić information content (AvgIpc) is 2.28. The fraction of sp³-hybridized carbons (Fsp3) is 0.333. The minimum atomic E-state index is -0.463. The van der Waals surface area contributed by atoms with Gasteiger partial charge in [-0.2, -0.15) is 0 Å². The maximum Gasteiger partial charge on any atom is 0.338 e. The Labute approximate surface area is 89.1 Å². The molecule has 0 aliphatic carbocycles. The predicted molar refractivity (Wildman–Crippen MR) is 57.0 cm³/mol. The number of rotatable bonds is 4. The normalized spacial score (nSPS) is 9.73. The highest BCUT2D eigenvalue weighted by Gasteiger charge is 2.15. The largest absolute Gasteiger partial charge is 0.465 e. The van der Waals surface area contributed by atoms with Gasteiger partial charge in [0.25, 0.3) is 0 Å². The van der Waals surface area contributed by atoms with Gasteiger partial charge in [-0.25, -0.2) is 4.79 Å². The number of Topliss-reactive ketones (excluding diaryl/α,β-unsaturated/α-hetero) is 1. The molecule has 80 valence electrons. The van der Waals surface area contributed by atoms with Crippen molar-refractivity contribution < 1.29 is 14.3 Å². The third-order valence-electron chi connectivity index (χ3n) is 2.11. The Hall–Kier alpha value is -1.64. The zero-order chi connectivity index (χ0) is 11.3. The van der Waals surface area contributed by atoms with Gasteiger partial charge in [0.1, 0.15) is 0 Å². The molecule has 0 saturated heterocycles. The maximum atomic E-state index is 11.7. The zero-order valence-corrected chi connectivity index (χ0v) is 8.95. The third kappa shape index (κ3) is 2.65. The van der Waals surface area contributed by atoms with E-state index in [0.717, 1.165) is 6.42 Å². The molecule has 0 aromatic heterocycles. The first-order valence-electron chi connectivity index (χ1n) is 4.91. The van der Waals surface area contributed by atoms with Crippen LogP contribution in [-0.4, -0.2) is 18.9 Å². The lowest BCUT2D eigenvalue weighted by molar-refractivity contribution is 0.0597. The van der Waals surface area contributed by atoms with E-state index in [-0.39, 0.29) is 5.78 Å². The van der Waals surface area contributed by atoms with Crippen molar-refractivity contribution in [1.82, 2.24) is 0 Å². The van der Waals surface area contributed by atoms with Crippen LogP contribution in [0.1, 0.15) is 40.5 Å². The van der Waals surface area contributed by atoms with E-state index < -0.39 is 5.97 Å². The fourth-order valence-corrected chi connectivity index (χ4v) is 1.38. The summed E-state index contributed by atoms with van der Waals surface area (Å²) in [5, 5.41) is 0. The molecule has 0 spiro atoms. The molecule has 1 aromatic carbocycles. The smallest absolute Gasteiger partial charge is 0.338 e. The Morgan fingerprint density at radius 1 is 1.20 bits per heavy atom. The van der Waals surface area contributed by atoms with Crippen molar-refractivity contribution in [2.45, 2.75) is 19.8 Å².